The lowest BCUT2D eigenvalue weighted by Gasteiger charge is -2.31. The summed E-state index contributed by atoms with van der Waals surface area (Å²) in [5, 5.41) is 2.85. The van der Waals surface area contributed by atoms with Crippen LogP contribution in [0.5, 0.6) is 0 Å². The van der Waals surface area contributed by atoms with Crippen molar-refractivity contribution in [3.8, 4) is 0 Å². The van der Waals surface area contributed by atoms with Gasteiger partial charge in [0, 0.05) is 18.6 Å². The third-order valence-electron chi connectivity index (χ3n) is 4.87. The molecule has 2 aliphatic rings. The van der Waals surface area contributed by atoms with Crippen molar-refractivity contribution >= 4 is 21.7 Å². The predicted molar refractivity (Wildman–Crippen MR) is 84.0 cm³/mol. The molecule has 0 aromatic heterocycles. The standard InChI is InChI=1S/C15H26N2O4S/c1-3-17(12-8-9-22(20,21)10-12)15(19)14(18)16-13-7-5-4-6-11(13)2/h11-13H,3-10H2,1-2H3,(H,16,18). The van der Waals surface area contributed by atoms with Gasteiger partial charge in [0.05, 0.1) is 11.5 Å². The number of nitrogens with one attached hydrogen (secondary N) is 1. The Morgan fingerprint density at radius 3 is 2.41 bits per heavy atom. The van der Waals surface area contributed by atoms with Crippen LogP contribution in [0.1, 0.15) is 46.0 Å². The summed E-state index contributed by atoms with van der Waals surface area (Å²) in [6.45, 7) is 4.22. The molecule has 1 saturated heterocycles. The first-order valence-electron chi connectivity index (χ1n) is 8.16. The fraction of sp³-hybridized carbons (Fsp3) is 0.867. The number of sulfone groups is 1. The minimum atomic E-state index is -3.07. The zero-order valence-corrected chi connectivity index (χ0v) is 14.2. The highest BCUT2D eigenvalue weighted by molar-refractivity contribution is 7.91. The lowest BCUT2D eigenvalue weighted by atomic mass is 9.86. The third kappa shape index (κ3) is 4.00. The highest BCUT2D eigenvalue weighted by Gasteiger charge is 2.36. The second-order valence-corrected chi connectivity index (χ2v) is 8.72. The number of carbonyl (C=O) groups is 2. The summed E-state index contributed by atoms with van der Waals surface area (Å²) in [5.41, 5.74) is 0. The first-order chi connectivity index (χ1) is 10.3. The van der Waals surface area contributed by atoms with Gasteiger partial charge in [-0.1, -0.05) is 19.8 Å². The van der Waals surface area contributed by atoms with Gasteiger partial charge in [-0.05, 0) is 32.1 Å². The Morgan fingerprint density at radius 2 is 1.86 bits per heavy atom. The van der Waals surface area contributed by atoms with Crippen molar-refractivity contribution in [2.24, 2.45) is 5.92 Å². The smallest absolute Gasteiger partial charge is 0.312 e. The van der Waals surface area contributed by atoms with E-state index in [2.05, 4.69) is 12.2 Å². The van der Waals surface area contributed by atoms with E-state index in [4.69, 9.17) is 0 Å². The van der Waals surface area contributed by atoms with Gasteiger partial charge < -0.3 is 10.2 Å². The first-order valence-corrected chi connectivity index (χ1v) is 9.98. The molecule has 1 aliphatic heterocycles. The van der Waals surface area contributed by atoms with Crippen molar-refractivity contribution in [2.45, 2.75) is 58.0 Å². The van der Waals surface area contributed by atoms with Crippen LogP contribution < -0.4 is 5.32 Å². The second-order valence-electron chi connectivity index (χ2n) is 6.49. The molecule has 0 aromatic rings. The normalized spacial score (nSPS) is 30.7. The molecule has 1 N–H and O–H groups in total. The molecule has 1 saturated carbocycles. The SMILES string of the molecule is CCN(C(=O)C(=O)NC1CCCCC1C)C1CCS(=O)(=O)C1. The van der Waals surface area contributed by atoms with Gasteiger partial charge >= 0.3 is 11.8 Å². The Kier molecular flexibility index (Phi) is 5.47. The topological polar surface area (TPSA) is 83.6 Å². The van der Waals surface area contributed by atoms with E-state index in [1.807, 2.05) is 0 Å². The van der Waals surface area contributed by atoms with Crippen LogP contribution in [0.15, 0.2) is 0 Å². The number of hydrogen-bond acceptors (Lipinski definition) is 4. The van der Waals surface area contributed by atoms with E-state index in [0.717, 1.165) is 19.3 Å². The van der Waals surface area contributed by atoms with Gasteiger partial charge in [0.15, 0.2) is 9.84 Å². The Balaban J connectivity index is 1.97. The van der Waals surface area contributed by atoms with Crippen molar-refractivity contribution < 1.29 is 18.0 Å². The van der Waals surface area contributed by atoms with Crippen molar-refractivity contribution in [3.05, 3.63) is 0 Å². The van der Waals surface area contributed by atoms with E-state index < -0.39 is 21.7 Å². The second kappa shape index (κ2) is 6.98. The zero-order chi connectivity index (χ0) is 16.3. The molecule has 3 atom stereocenters. The number of amides is 2. The summed E-state index contributed by atoms with van der Waals surface area (Å²) < 4.78 is 23.2. The van der Waals surface area contributed by atoms with Crippen LogP contribution in [-0.4, -0.2) is 55.3 Å². The molecule has 1 aliphatic carbocycles. The van der Waals surface area contributed by atoms with Gasteiger partial charge in [0.2, 0.25) is 0 Å². The van der Waals surface area contributed by atoms with Gasteiger partial charge in [-0.25, -0.2) is 8.42 Å². The fourth-order valence-electron chi connectivity index (χ4n) is 3.48. The minimum Gasteiger partial charge on any atom is -0.345 e. The molecule has 2 amide bonds. The summed E-state index contributed by atoms with van der Waals surface area (Å²) in [4.78, 5) is 26.0. The molecule has 126 valence electrons. The van der Waals surface area contributed by atoms with Gasteiger partial charge in [-0.15, -0.1) is 0 Å². The molecule has 6 nitrogen and oxygen atoms in total. The average molecular weight is 330 g/mol. The number of nitrogens with zero attached hydrogens (tertiary/aromatic N) is 1. The maximum Gasteiger partial charge on any atom is 0.312 e. The summed E-state index contributed by atoms with van der Waals surface area (Å²) in [5.74, 6) is -0.734. The largest absolute Gasteiger partial charge is 0.345 e. The van der Waals surface area contributed by atoms with E-state index in [-0.39, 0.29) is 23.6 Å². The van der Waals surface area contributed by atoms with Gasteiger partial charge in [0.1, 0.15) is 0 Å². The molecule has 2 rings (SSSR count). The summed E-state index contributed by atoms with van der Waals surface area (Å²) in [6.07, 6.45) is 4.64. The molecule has 0 bridgehead atoms. The molecule has 3 unspecified atom stereocenters. The van der Waals surface area contributed by atoms with Crippen LogP contribution in [0.3, 0.4) is 0 Å². The van der Waals surface area contributed by atoms with Crippen molar-refractivity contribution in [1.29, 1.82) is 0 Å². The first kappa shape index (κ1) is 17.2. The average Bonchev–Trinajstić information content (AvgIpc) is 2.82. The Hall–Kier alpha value is -1.11. The zero-order valence-electron chi connectivity index (χ0n) is 13.4. The Labute approximate surface area is 132 Å². The van der Waals surface area contributed by atoms with Crippen LogP contribution in [0, 0.1) is 5.92 Å². The Morgan fingerprint density at radius 1 is 1.18 bits per heavy atom. The van der Waals surface area contributed by atoms with Crippen LogP contribution in [0.4, 0.5) is 0 Å². The molecule has 0 aromatic carbocycles. The van der Waals surface area contributed by atoms with Crippen LogP contribution in [0.2, 0.25) is 0 Å². The van der Waals surface area contributed by atoms with E-state index in [1.54, 1.807) is 6.92 Å². The van der Waals surface area contributed by atoms with E-state index in [0.29, 0.717) is 18.9 Å². The van der Waals surface area contributed by atoms with Gasteiger partial charge in [-0.2, -0.15) is 0 Å². The summed E-state index contributed by atoms with van der Waals surface area (Å²) in [6, 6.07) is -0.312. The quantitative estimate of drug-likeness (QED) is 0.773. The molecule has 2 fully saturated rings. The molecule has 7 heteroatoms. The monoisotopic (exact) mass is 330 g/mol. The fourth-order valence-corrected chi connectivity index (χ4v) is 5.21. The van der Waals surface area contributed by atoms with Crippen molar-refractivity contribution in [1.82, 2.24) is 10.2 Å². The lowest BCUT2D eigenvalue weighted by Crippen LogP contribution is -2.52. The number of likely N-dealkylation sites (N-methyl/N-ethyl adjacent to an activating group) is 1. The van der Waals surface area contributed by atoms with Crippen molar-refractivity contribution in [2.75, 3.05) is 18.1 Å². The minimum absolute atomic E-state index is 0.0281. The molecular formula is C15H26N2O4S. The summed E-state index contributed by atoms with van der Waals surface area (Å²) >= 11 is 0. The maximum atomic E-state index is 12.4. The molecular weight excluding hydrogens is 304 g/mol. The molecule has 1 heterocycles. The van der Waals surface area contributed by atoms with Gasteiger partial charge in [0.25, 0.3) is 0 Å². The van der Waals surface area contributed by atoms with Crippen LogP contribution in [0.25, 0.3) is 0 Å². The highest BCUT2D eigenvalue weighted by Crippen LogP contribution is 2.24. The highest BCUT2D eigenvalue weighted by atomic mass is 32.2. The van der Waals surface area contributed by atoms with Crippen LogP contribution >= 0.6 is 0 Å². The molecule has 0 spiro atoms. The van der Waals surface area contributed by atoms with E-state index >= 15 is 0 Å². The third-order valence-corrected chi connectivity index (χ3v) is 6.62. The maximum absolute atomic E-state index is 12.4. The lowest BCUT2D eigenvalue weighted by molar-refractivity contribution is -0.147. The predicted octanol–water partition coefficient (Wildman–Crippen LogP) is 0.717. The Bertz CT molecular complexity index is 532. The van der Waals surface area contributed by atoms with E-state index in [1.165, 1.54) is 11.3 Å². The van der Waals surface area contributed by atoms with Crippen molar-refractivity contribution in [3.63, 3.8) is 0 Å². The number of rotatable bonds is 3. The summed E-state index contributed by atoms with van der Waals surface area (Å²) in [7, 11) is -3.07. The van der Waals surface area contributed by atoms with Crippen LogP contribution in [-0.2, 0) is 19.4 Å². The molecule has 0 radical (unpaired) electrons. The van der Waals surface area contributed by atoms with E-state index in [9.17, 15) is 18.0 Å². The number of hydrogen-bond donors (Lipinski definition) is 1. The van der Waals surface area contributed by atoms with Gasteiger partial charge in [-0.3, -0.25) is 9.59 Å². The number of carbonyl (C=O) groups excluding carboxylic acids is 2. The molecule has 22 heavy (non-hydrogen) atoms.